The maximum atomic E-state index is 12.3. The minimum absolute atomic E-state index is 0.147. The van der Waals surface area contributed by atoms with Crippen LogP contribution in [0.25, 0.3) is 0 Å². The van der Waals surface area contributed by atoms with E-state index in [1.54, 1.807) is 42.5 Å². The van der Waals surface area contributed by atoms with Crippen LogP contribution in [-0.2, 0) is 0 Å². The van der Waals surface area contributed by atoms with Crippen LogP contribution in [0.1, 0.15) is 30.6 Å². The molecule has 1 atom stereocenters. The molecule has 0 fully saturated rings. The number of nitrogens with one attached hydrogen (secondary N) is 1. The van der Waals surface area contributed by atoms with Crippen molar-refractivity contribution in [1.82, 2.24) is 0 Å². The summed E-state index contributed by atoms with van der Waals surface area (Å²) in [6, 6.07) is 12.1. The quantitative estimate of drug-likeness (QED) is 0.797. The molecular weight excluding hydrogens is 292 g/mol. The van der Waals surface area contributed by atoms with Crippen LogP contribution in [0, 0.1) is 0 Å². The topological polar surface area (TPSA) is 73.6 Å². The lowest BCUT2D eigenvalue weighted by Crippen LogP contribution is -2.13. The molecule has 0 radical (unpaired) electrons. The summed E-state index contributed by atoms with van der Waals surface area (Å²) in [5.74, 6) is 1.05. The summed E-state index contributed by atoms with van der Waals surface area (Å²) in [7, 11) is 1.53. The van der Waals surface area contributed by atoms with E-state index in [1.807, 2.05) is 6.92 Å². The summed E-state index contributed by atoms with van der Waals surface area (Å²) < 4.78 is 10.9. The normalized spacial score (nSPS) is 11.6. The highest BCUT2D eigenvalue weighted by molar-refractivity contribution is 6.05. The lowest BCUT2D eigenvalue weighted by molar-refractivity contribution is 0.102. The Morgan fingerprint density at radius 3 is 2.52 bits per heavy atom. The highest BCUT2D eigenvalue weighted by Crippen LogP contribution is 2.27. The second-order valence-electron chi connectivity index (χ2n) is 5.27. The zero-order valence-corrected chi connectivity index (χ0v) is 13.6. The first kappa shape index (κ1) is 16.7. The van der Waals surface area contributed by atoms with Crippen molar-refractivity contribution in [3.63, 3.8) is 0 Å². The predicted octanol–water partition coefficient (Wildman–Crippen LogP) is 3.71. The SMILES string of the molecule is CCC(C)Oc1ccc(C(=O)Nc2ccc(N)cc2OC)cc1. The highest BCUT2D eigenvalue weighted by atomic mass is 16.5. The number of amides is 1. The van der Waals surface area contributed by atoms with Gasteiger partial charge in [0.15, 0.2) is 0 Å². The third kappa shape index (κ3) is 4.39. The lowest BCUT2D eigenvalue weighted by Gasteiger charge is -2.13. The van der Waals surface area contributed by atoms with Gasteiger partial charge in [-0.05, 0) is 49.7 Å². The number of nitrogen functional groups attached to an aromatic ring is 1. The number of benzene rings is 2. The third-order valence-corrected chi connectivity index (χ3v) is 3.50. The van der Waals surface area contributed by atoms with Crippen LogP contribution < -0.4 is 20.5 Å². The zero-order chi connectivity index (χ0) is 16.8. The van der Waals surface area contributed by atoms with Gasteiger partial charge in [-0.3, -0.25) is 4.79 Å². The van der Waals surface area contributed by atoms with Crippen LogP contribution in [0.3, 0.4) is 0 Å². The van der Waals surface area contributed by atoms with E-state index < -0.39 is 0 Å². The molecule has 5 nitrogen and oxygen atoms in total. The van der Waals surface area contributed by atoms with Crippen LogP contribution in [0.15, 0.2) is 42.5 Å². The first-order chi connectivity index (χ1) is 11.0. The molecule has 0 saturated carbocycles. The summed E-state index contributed by atoms with van der Waals surface area (Å²) in [5, 5.41) is 2.82. The molecule has 0 aliphatic heterocycles. The molecule has 0 saturated heterocycles. The van der Waals surface area contributed by atoms with Gasteiger partial charge in [-0.1, -0.05) is 6.92 Å². The zero-order valence-electron chi connectivity index (χ0n) is 13.6. The fourth-order valence-electron chi connectivity index (χ4n) is 2.01. The van der Waals surface area contributed by atoms with Crippen LogP contribution in [0.4, 0.5) is 11.4 Å². The second kappa shape index (κ2) is 7.54. The minimum Gasteiger partial charge on any atom is -0.494 e. The molecule has 0 aliphatic carbocycles. The number of carbonyl (C=O) groups is 1. The molecule has 1 unspecified atom stereocenters. The molecule has 122 valence electrons. The average molecular weight is 314 g/mol. The molecular formula is C18H22N2O3. The Morgan fingerprint density at radius 2 is 1.91 bits per heavy atom. The van der Waals surface area contributed by atoms with E-state index in [4.69, 9.17) is 15.2 Å². The van der Waals surface area contributed by atoms with Gasteiger partial charge in [0, 0.05) is 17.3 Å². The first-order valence-electron chi connectivity index (χ1n) is 7.55. The Kier molecular flexibility index (Phi) is 5.46. The maximum Gasteiger partial charge on any atom is 0.255 e. The van der Waals surface area contributed by atoms with E-state index in [0.717, 1.165) is 12.2 Å². The highest BCUT2D eigenvalue weighted by Gasteiger charge is 2.10. The van der Waals surface area contributed by atoms with Crippen LogP contribution in [-0.4, -0.2) is 19.1 Å². The van der Waals surface area contributed by atoms with Crippen molar-refractivity contribution in [3.8, 4) is 11.5 Å². The summed E-state index contributed by atoms with van der Waals surface area (Å²) in [5.41, 5.74) is 7.40. The van der Waals surface area contributed by atoms with E-state index in [9.17, 15) is 4.79 Å². The Morgan fingerprint density at radius 1 is 1.22 bits per heavy atom. The second-order valence-corrected chi connectivity index (χ2v) is 5.27. The van der Waals surface area contributed by atoms with Gasteiger partial charge in [-0.25, -0.2) is 0 Å². The van der Waals surface area contributed by atoms with Gasteiger partial charge >= 0.3 is 0 Å². The molecule has 0 bridgehead atoms. The van der Waals surface area contributed by atoms with E-state index >= 15 is 0 Å². The number of carbonyl (C=O) groups excluding carboxylic acids is 1. The fraction of sp³-hybridized carbons (Fsp3) is 0.278. The van der Waals surface area contributed by atoms with Gasteiger partial charge < -0.3 is 20.5 Å². The molecule has 0 heterocycles. The van der Waals surface area contributed by atoms with Crippen molar-refractivity contribution < 1.29 is 14.3 Å². The molecule has 0 spiro atoms. The molecule has 0 aliphatic rings. The molecule has 5 heteroatoms. The number of methoxy groups -OCH3 is 1. The third-order valence-electron chi connectivity index (χ3n) is 3.50. The number of anilines is 2. The van der Waals surface area contributed by atoms with Crippen molar-refractivity contribution in [2.45, 2.75) is 26.4 Å². The Labute approximate surface area is 136 Å². The van der Waals surface area contributed by atoms with Gasteiger partial charge in [-0.2, -0.15) is 0 Å². The Bertz CT molecular complexity index is 668. The van der Waals surface area contributed by atoms with Crippen molar-refractivity contribution in [3.05, 3.63) is 48.0 Å². The molecule has 2 rings (SSSR count). The van der Waals surface area contributed by atoms with Crippen LogP contribution >= 0.6 is 0 Å². The average Bonchev–Trinajstić information content (AvgIpc) is 2.56. The first-order valence-corrected chi connectivity index (χ1v) is 7.55. The van der Waals surface area contributed by atoms with Gasteiger partial charge in [0.05, 0.1) is 18.9 Å². The Hall–Kier alpha value is -2.69. The fourth-order valence-corrected chi connectivity index (χ4v) is 2.01. The van der Waals surface area contributed by atoms with Crippen LogP contribution in [0.2, 0.25) is 0 Å². The van der Waals surface area contributed by atoms with Crippen molar-refractivity contribution in [2.75, 3.05) is 18.2 Å². The monoisotopic (exact) mass is 314 g/mol. The maximum absolute atomic E-state index is 12.3. The van der Waals surface area contributed by atoms with Gasteiger partial charge in [-0.15, -0.1) is 0 Å². The van der Waals surface area contributed by atoms with Crippen LogP contribution in [0.5, 0.6) is 11.5 Å². The molecule has 2 aromatic carbocycles. The van der Waals surface area contributed by atoms with Crippen molar-refractivity contribution in [2.24, 2.45) is 0 Å². The Balaban J connectivity index is 2.09. The van der Waals surface area contributed by atoms with Gasteiger partial charge in [0.25, 0.3) is 5.91 Å². The number of ether oxygens (including phenoxy) is 2. The number of rotatable bonds is 6. The van der Waals surface area contributed by atoms with E-state index in [2.05, 4.69) is 12.2 Å². The molecule has 1 amide bonds. The van der Waals surface area contributed by atoms with Crippen molar-refractivity contribution >= 4 is 17.3 Å². The minimum atomic E-state index is -0.219. The molecule has 3 N–H and O–H groups in total. The standard InChI is InChI=1S/C18H22N2O3/c1-4-12(2)23-15-8-5-13(6-9-15)18(21)20-16-10-7-14(19)11-17(16)22-3/h5-12H,4,19H2,1-3H3,(H,20,21). The molecule has 0 aromatic heterocycles. The predicted molar refractivity (Wildman–Crippen MR) is 92.2 cm³/mol. The smallest absolute Gasteiger partial charge is 0.255 e. The summed E-state index contributed by atoms with van der Waals surface area (Å²) in [6.07, 6.45) is 1.08. The summed E-state index contributed by atoms with van der Waals surface area (Å²) in [4.78, 5) is 12.3. The summed E-state index contributed by atoms with van der Waals surface area (Å²) in [6.45, 7) is 4.07. The van der Waals surface area contributed by atoms with E-state index in [1.165, 1.54) is 7.11 Å². The summed E-state index contributed by atoms with van der Waals surface area (Å²) >= 11 is 0. The largest absolute Gasteiger partial charge is 0.494 e. The van der Waals surface area contributed by atoms with E-state index in [0.29, 0.717) is 22.7 Å². The molecule has 23 heavy (non-hydrogen) atoms. The van der Waals surface area contributed by atoms with E-state index in [-0.39, 0.29) is 12.0 Å². The number of hydrogen-bond donors (Lipinski definition) is 2. The number of hydrogen-bond acceptors (Lipinski definition) is 4. The van der Waals surface area contributed by atoms with Gasteiger partial charge in [0.1, 0.15) is 11.5 Å². The molecule has 2 aromatic rings. The lowest BCUT2D eigenvalue weighted by atomic mass is 10.2. The number of nitrogens with two attached hydrogens (primary N) is 1. The van der Waals surface area contributed by atoms with Crippen molar-refractivity contribution in [1.29, 1.82) is 0 Å². The van der Waals surface area contributed by atoms with Gasteiger partial charge in [0.2, 0.25) is 0 Å².